The van der Waals surface area contributed by atoms with E-state index in [4.69, 9.17) is 5.11 Å². The van der Waals surface area contributed by atoms with Crippen molar-refractivity contribution < 1.29 is 23.1 Å². The number of aliphatic carboxylic acids is 1. The molecule has 1 aliphatic carbocycles. The van der Waals surface area contributed by atoms with Crippen LogP contribution in [0.3, 0.4) is 0 Å². The molecule has 0 saturated heterocycles. The highest BCUT2D eigenvalue weighted by Crippen LogP contribution is 2.30. The number of carboxylic acid groups (broad SMARTS) is 1. The van der Waals surface area contributed by atoms with Gasteiger partial charge in [-0.05, 0) is 18.8 Å². The fraction of sp³-hybridized carbons (Fsp3) is 0.778. The summed E-state index contributed by atoms with van der Waals surface area (Å²) in [6.07, 6.45) is 1.77. The van der Waals surface area contributed by atoms with Crippen molar-refractivity contribution in [2.24, 2.45) is 5.92 Å². The largest absolute Gasteiger partial charge is 0.480 e. The molecular formula is C9H15NO5S. The van der Waals surface area contributed by atoms with Gasteiger partial charge in [0.25, 0.3) is 0 Å². The third-order valence-corrected chi connectivity index (χ3v) is 4.10. The molecule has 1 saturated carbocycles. The van der Waals surface area contributed by atoms with Crippen molar-refractivity contribution in [1.29, 1.82) is 0 Å². The number of carbonyl (C=O) groups excluding carboxylic acids is 1. The second-order valence-electron chi connectivity index (χ2n) is 4.11. The molecule has 0 aromatic carbocycles. The fourth-order valence-electron chi connectivity index (χ4n) is 1.39. The first-order valence-electron chi connectivity index (χ1n) is 5.00. The van der Waals surface area contributed by atoms with Crippen molar-refractivity contribution in [3.63, 3.8) is 0 Å². The summed E-state index contributed by atoms with van der Waals surface area (Å²) in [7, 11) is -3.40. The molecule has 0 spiro atoms. The molecule has 7 heteroatoms. The molecule has 1 aliphatic rings. The molecule has 0 heterocycles. The minimum atomic E-state index is -3.40. The van der Waals surface area contributed by atoms with Gasteiger partial charge in [0.1, 0.15) is 6.04 Å². The summed E-state index contributed by atoms with van der Waals surface area (Å²) in [6, 6.07) is -1.35. The highest BCUT2D eigenvalue weighted by Gasteiger charge is 2.32. The highest BCUT2D eigenvalue weighted by atomic mass is 32.2. The zero-order valence-corrected chi connectivity index (χ0v) is 9.79. The Morgan fingerprint density at radius 3 is 2.38 bits per heavy atom. The van der Waals surface area contributed by atoms with E-state index in [-0.39, 0.29) is 11.7 Å². The van der Waals surface area contributed by atoms with Crippen molar-refractivity contribution in [1.82, 2.24) is 5.32 Å². The SMILES string of the molecule is CC(=O)NC(CS(=O)(=O)CC1CC1)C(=O)O. The molecule has 1 amide bonds. The number of rotatable bonds is 6. The van der Waals surface area contributed by atoms with Crippen LogP contribution in [0, 0.1) is 5.92 Å². The summed E-state index contributed by atoms with van der Waals surface area (Å²) in [5.41, 5.74) is 0. The number of amides is 1. The Balaban J connectivity index is 2.58. The van der Waals surface area contributed by atoms with Gasteiger partial charge in [-0.15, -0.1) is 0 Å². The molecule has 16 heavy (non-hydrogen) atoms. The first-order valence-corrected chi connectivity index (χ1v) is 6.82. The molecule has 0 aliphatic heterocycles. The van der Waals surface area contributed by atoms with Crippen LogP contribution in [0.5, 0.6) is 0 Å². The monoisotopic (exact) mass is 249 g/mol. The lowest BCUT2D eigenvalue weighted by atomic mass is 10.3. The summed E-state index contributed by atoms with van der Waals surface area (Å²) in [5.74, 6) is -2.20. The molecule has 2 N–H and O–H groups in total. The van der Waals surface area contributed by atoms with Crippen LogP contribution >= 0.6 is 0 Å². The number of nitrogens with one attached hydrogen (secondary N) is 1. The third-order valence-electron chi connectivity index (χ3n) is 2.28. The van der Waals surface area contributed by atoms with Gasteiger partial charge < -0.3 is 10.4 Å². The van der Waals surface area contributed by atoms with E-state index in [2.05, 4.69) is 5.32 Å². The maximum atomic E-state index is 11.6. The zero-order chi connectivity index (χ0) is 12.3. The maximum Gasteiger partial charge on any atom is 0.327 e. The average molecular weight is 249 g/mol. The minimum Gasteiger partial charge on any atom is -0.480 e. The molecule has 1 atom stereocenters. The quantitative estimate of drug-likeness (QED) is 0.654. The summed E-state index contributed by atoms with van der Waals surface area (Å²) in [6.45, 7) is 1.16. The lowest BCUT2D eigenvalue weighted by molar-refractivity contribution is -0.140. The Labute approximate surface area is 93.9 Å². The van der Waals surface area contributed by atoms with E-state index < -0.39 is 33.5 Å². The summed E-state index contributed by atoms with van der Waals surface area (Å²) >= 11 is 0. The molecule has 0 radical (unpaired) electrons. The Morgan fingerprint density at radius 2 is 2.00 bits per heavy atom. The van der Waals surface area contributed by atoms with Crippen LogP contribution in [-0.2, 0) is 19.4 Å². The lowest BCUT2D eigenvalue weighted by Crippen LogP contribution is -2.45. The van der Waals surface area contributed by atoms with Crippen LogP contribution in [0.1, 0.15) is 19.8 Å². The van der Waals surface area contributed by atoms with Crippen molar-refractivity contribution in [3.8, 4) is 0 Å². The normalized spacial score (nSPS) is 17.8. The van der Waals surface area contributed by atoms with Crippen LogP contribution in [0.25, 0.3) is 0 Å². The van der Waals surface area contributed by atoms with Crippen LogP contribution in [0.15, 0.2) is 0 Å². The van der Waals surface area contributed by atoms with Crippen molar-refractivity contribution in [2.45, 2.75) is 25.8 Å². The minimum absolute atomic E-state index is 0.0242. The summed E-state index contributed by atoms with van der Waals surface area (Å²) < 4.78 is 23.1. The van der Waals surface area contributed by atoms with E-state index in [1.54, 1.807) is 0 Å². The predicted molar refractivity (Wildman–Crippen MR) is 56.6 cm³/mol. The van der Waals surface area contributed by atoms with E-state index in [0.717, 1.165) is 19.8 Å². The second-order valence-corrected chi connectivity index (χ2v) is 6.27. The lowest BCUT2D eigenvalue weighted by Gasteiger charge is -2.13. The molecule has 0 aromatic heterocycles. The summed E-state index contributed by atoms with van der Waals surface area (Å²) in [5, 5.41) is 10.9. The number of sulfone groups is 1. The standard InChI is InChI=1S/C9H15NO5S/c1-6(11)10-8(9(12)13)5-16(14,15)4-7-2-3-7/h7-8H,2-5H2,1H3,(H,10,11)(H,12,13). The maximum absolute atomic E-state index is 11.6. The first kappa shape index (κ1) is 13.0. The van der Waals surface area contributed by atoms with Gasteiger partial charge in [0.05, 0.1) is 11.5 Å². The van der Waals surface area contributed by atoms with E-state index in [1.165, 1.54) is 0 Å². The molecule has 92 valence electrons. The second kappa shape index (κ2) is 4.82. The zero-order valence-electron chi connectivity index (χ0n) is 8.97. The number of hydrogen-bond acceptors (Lipinski definition) is 4. The van der Waals surface area contributed by atoms with Gasteiger partial charge in [0.2, 0.25) is 5.91 Å². The first-order chi connectivity index (χ1) is 7.30. The number of hydrogen-bond donors (Lipinski definition) is 2. The highest BCUT2D eigenvalue weighted by molar-refractivity contribution is 7.91. The van der Waals surface area contributed by atoms with E-state index >= 15 is 0 Å². The van der Waals surface area contributed by atoms with Gasteiger partial charge in [-0.1, -0.05) is 0 Å². The van der Waals surface area contributed by atoms with Gasteiger partial charge in [-0.2, -0.15) is 0 Å². The molecular weight excluding hydrogens is 234 g/mol. The smallest absolute Gasteiger partial charge is 0.327 e. The Bertz CT molecular complexity index is 385. The average Bonchev–Trinajstić information content (AvgIpc) is 2.84. The Kier molecular flexibility index (Phi) is 3.90. The molecule has 1 rings (SSSR count). The van der Waals surface area contributed by atoms with Gasteiger partial charge in [-0.25, -0.2) is 13.2 Å². The van der Waals surface area contributed by atoms with Gasteiger partial charge in [0.15, 0.2) is 9.84 Å². The van der Waals surface area contributed by atoms with Crippen molar-refractivity contribution in [2.75, 3.05) is 11.5 Å². The van der Waals surface area contributed by atoms with Crippen LogP contribution in [-0.4, -0.2) is 42.9 Å². The van der Waals surface area contributed by atoms with Crippen LogP contribution < -0.4 is 5.32 Å². The van der Waals surface area contributed by atoms with E-state index in [1.807, 2.05) is 0 Å². The van der Waals surface area contributed by atoms with E-state index in [0.29, 0.717) is 0 Å². The van der Waals surface area contributed by atoms with Gasteiger partial charge in [-0.3, -0.25) is 4.79 Å². The number of carboxylic acids is 1. The van der Waals surface area contributed by atoms with Crippen LogP contribution in [0.2, 0.25) is 0 Å². The van der Waals surface area contributed by atoms with Crippen molar-refractivity contribution >= 4 is 21.7 Å². The third kappa shape index (κ3) is 4.61. The molecule has 0 bridgehead atoms. The topological polar surface area (TPSA) is 101 Å². The molecule has 0 aromatic rings. The van der Waals surface area contributed by atoms with E-state index in [9.17, 15) is 18.0 Å². The van der Waals surface area contributed by atoms with Crippen molar-refractivity contribution in [3.05, 3.63) is 0 Å². The van der Waals surface area contributed by atoms with Crippen LogP contribution in [0.4, 0.5) is 0 Å². The predicted octanol–water partition coefficient (Wildman–Crippen LogP) is -0.599. The van der Waals surface area contributed by atoms with Gasteiger partial charge >= 0.3 is 5.97 Å². The fourth-order valence-corrected chi connectivity index (χ4v) is 3.31. The van der Waals surface area contributed by atoms with Gasteiger partial charge in [0, 0.05) is 6.92 Å². The Hall–Kier alpha value is -1.11. The molecule has 1 unspecified atom stereocenters. The summed E-state index contributed by atoms with van der Waals surface area (Å²) in [4.78, 5) is 21.4. The molecule has 1 fully saturated rings. The molecule has 6 nitrogen and oxygen atoms in total. The Morgan fingerprint density at radius 1 is 1.44 bits per heavy atom. The number of carbonyl (C=O) groups is 2.